The summed E-state index contributed by atoms with van der Waals surface area (Å²) in [6.45, 7) is 1.67. The van der Waals surface area contributed by atoms with Crippen LogP contribution in [0.5, 0.6) is 0 Å². The Morgan fingerprint density at radius 3 is 2.71 bits per heavy atom. The summed E-state index contributed by atoms with van der Waals surface area (Å²) in [5, 5.41) is 6.32. The smallest absolute Gasteiger partial charge is 0.248 e. The van der Waals surface area contributed by atoms with Crippen molar-refractivity contribution < 1.29 is 26.5 Å². The molecule has 0 radical (unpaired) electrons. The number of amides is 1. The van der Waals surface area contributed by atoms with Crippen LogP contribution in [-0.2, 0) is 14.8 Å². The number of halogens is 3. The minimum absolute atomic E-state index is 0.0294. The van der Waals surface area contributed by atoms with Crippen molar-refractivity contribution in [3.8, 4) is 0 Å². The molecular weight excluding hydrogens is 500 g/mol. The third-order valence-corrected chi connectivity index (χ3v) is 8.01. The van der Waals surface area contributed by atoms with Crippen LogP contribution in [0.3, 0.4) is 0 Å². The van der Waals surface area contributed by atoms with Gasteiger partial charge in [0.05, 0.1) is 10.9 Å². The fourth-order valence-electron chi connectivity index (χ4n) is 3.90. The maximum Gasteiger partial charge on any atom is 0.248 e. The number of nitrogens with one attached hydrogen (secondary N) is 1. The summed E-state index contributed by atoms with van der Waals surface area (Å²) >= 11 is 5.77. The Morgan fingerprint density at radius 2 is 1.97 bits per heavy atom. The second kappa shape index (κ2) is 10.3. The summed E-state index contributed by atoms with van der Waals surface area (Å²) in [5.74, 6) is -2.12. The Labute approximate surface area is 206 Å². The molecule has 35 heavy (non-hydrogen) atoms. The minimum Gasteiger partial charge on any atom is -0.355 e. The lowest BCUT2D eigenvalue weighted by Gasteiger charge is -2.31. The molecule has 0 aliphatic carbocycles. The van der Waals surface area contributed by atoms with E-state index >= 15 is 0 Å². The van der Waals surface area contributed by atoms with Crippen LogP contribution < -0.4 is 5.32 Å². The van der Waals surface area contributed by atoms with Crippen molar-refractivity contribution in [2.24, 2.45) is 5.92 Å². The first-order valence-corrected chi connectivity index (χ1v) is 12.6. The molecule has 2 heterocycles. The molecule has 1 aliphatic heterocycles. The normalized spacial score (nSPS) is 17.1. The number of aryl methyl sites for hydroxylation is 1. The van der Waals surface area contributed by atoms with E-state index < -0.39 is 33.5 Å². The number of anilines is 1. The maximum absolute atomic E-state index is 14.0. The van der Waals surface area contributed by atoms with E-state index in [1.807, 2.05) is 0 Å². The monoisotopic (exact) mass is 521 g/mol. The molecule has 1 aliphatic rings. The highest BCUT2D eigenvalue weighted by Gasteiger charge is 2.37. The first kappa shape index (κ1) is 25.0. The summed E-state index contributed by atoms with van der Waals surface area (Å²) in [6, 6.07) is 9.86. The SMILES string of the molecule is Cc1noc(/C=C/c2ccccc2F)c1S(=O)(=O)N1CCC[C@H](C(=O)Nc2ccc(F)c(Cl)c2)C1. The van der Waals surface area contributed by atoms with Gasteiger partial charge in [-0.25, -0.2) is 17.2 Å². The third-order valence-electron chi connectivity index (χ3n) is 5.69. The van der Waals surface area contributed by atoms with Gasteiger partial charge in [0.15, 0.2) is 10.7 Å². The number of sulfonamides is 1. The van der Waals surface area contributed by atoms with Crippen molar-refractivity contribution in [1.82, 2.24) is 9.46 Å². The number of hydrogen-bond acceptors (Lipinski definition) is 5. The Morgan fingerprint density at radius 1 is 1.20 bits per heavy atom. The van der Waals surface area contributed by atoms with E-state index in [-0.39, 0.29) is 40.0 Å². The zero-order valence-electron chi connectivity index (χ0n) is 18.7. The minimum atomic E-state index is -4.06. The molecule has 7 nitrogen and oxygen atoms in total. The number of aromatic nitrogens is 1. The highest BCUT2D eigenvalue weighted by atomic mass is 35.5. The predicted octanol–water partition coefficient (Wildman–Crippen LogP) is 5.12. The van der Waals surface area contributed by atoms with Crippen LogP contribution in [0.25, 0.3) is 12.2 Å². The molecule has 3 aromatic rings. The summed E-state index contributed by atoms with van der Waals surface area (Å²) < 4.78 is 60.8. The second-order valence-electron chi connectivity index (χ2n) is 8.14. The van der Waals surface area contributed by atoms with Gasteiger partial charge < -0.3 is 9.84 Å². The van der Waals surface area contributed by atoms with Gasteiger partial charge in [-0.05, 0) is 56.2 Å². The molecule has 1 amide bonds. The molecule has 11 heteroatoms. The third kappa shape index (κ3) is 5.44. The van der Waals surface area contributed by atoms with Gasteiger partial charge in [0.25, 0.3) is 0 Å². The lowest BCUT2D eigenvalue weighted by atomic mass is 9.99. The molecule has 0 unspecified atom stereocenters. The predicted molar refractivity (Wildman–Crippen MR) is 128 cm³/mol. The van der Waals surface area contributed by atoms with Crippen molar-refractivity contribution in [3.05, 3.63) is 76.1 Å². The van der Waals surface area contributed by atoms with E-state index in [1.54, 1.807) is 18.2 Å². The topological polar surface area (TPSA) is 92.5 Å². The van der Waals surface area contributed by atoms with Crippen LogP contribution >= 0.6 is 11.6 Å². The lowest BCUT2D eigenvalue weighted by Crippen LogP contribution is -2.43. The van der Waals surface area contributed by atoms with Crippen molar-refractivity contribution >= 4 is 45.4 Å². The molecule has 0 bridgehead atoms. The van der Waals surface area contributed by atoms with Gasteiger partial charge in [-0.2, -0.15) is 4.31 Å². The Balaban J connectivity index is 1.54. The van der Waals surface area contributed by atoms with E-state index in [9.17, 15) is 22.0 Å². The largest absolute Gasteiger partial charge is 0.355 e. The molecule has 4 rings (SSSR count). The molecule has 1 N–H and O–H groups in total. The molecule has 1 fully saturated rings. The van der Waals surface area contributed by atoms with Crippen LogP contribution in [0.4, 0.5) is 14.5 Å². The van der Waals surface area contributed by atoms with E-state index in [2.05, 4.69) is 10.5 Å². The standard InChI is InChI=1S/C24H22ClF2N3O4S/c1-15-23(22(34-29-15)11-8-16-5-2-3-7-20(16)26)35(32,33)30-12-4-6-17(14-30)24(31)28-18-9-10-21(27)19(25)13-18/h2-3,5,7-11,13,17H,4,6,12,14H2,1H3,(H,28,31)/b11-8+/t17-/m0/s1. The van der Waals surface area contributed by atoms with Crippen molar-refractivity contribution in [2.45, 2.75) is 24.7 Å². The fraction of sp³-hybridized carbons (Fsp3) is 0.250. The van der Waals surface area contributed by atoms with Crippen molar-refractivity contribution in [1.29, 1.82) is 0 Å². The molecule has 1 atom stereocenters. The zero-order valence-corrected chi connectivity index (χ0v) is 20.2. The van der Waals surface area contributed by atoms with Gasteiger partial charge in [0.1, 0.15) is 17.3 Å². The highest BCUT2D eigenvalue weighted by molar-refractivity contribution is 7.89. The summed E-state index contributed by atoms with van der Waals surface area (Å²) in [6.07, 6.45) is 3.72. The Bertz CT molecular complexity index is 1390. The van der Waals surface area contributed by atoms with Crippen molar-refractivity contribution in [3.63, 3.8) is 0 Å². The first-order chi connectivity index (χ1) is 16.7. The van der Waals surface area contributed by atoms with Crippen LogP contribution in [0.15, 0.2) is 51.9 Å². The van der Waals surface area contributed by atoms with Crippen LogP contribution in [0, 0.1) is 24.5 Å². The molecule has 0 spiro atoms. The number of carbonyl (C=O) groups excluding carboxylic acids is 1. The summed E-state index contributed by atoms with van der Waals surface area (Å²) in [4.78, 5) is 12.7. The average molecular weight is 522 g/mol. The number of rotatable bonds is 6. The second-order valence-corrected chi connectivity index (χ2v) is 10.4. The number of benzene rings is 2. The van der Waals surface area contributed by atoms with Gasteiger partial charge in [0, 0.05) is 24.3 Å². The molecule has 2 aromatic carbocycles. The average Bonchev–Trinajstić information content (AvgIpc) is 3.22. The maximum atomic E-state index is 14.0. The van der Waals surface area contributed by atoms with Gasteiger partial charge >= 0.3 is 0 Å². The van der Waals surface area contributed by atoms with Gasteiger partial charge in [-0.1, -0.05) is 35.0 Å². The number of hydrogen-bond donors (Lipinski definition) is 1. The lowest BCUT2D eigenvalue weighted by molar-refractivity contribution is -0.120. The molecule has 1 saturated heterocycles. The summed E-state index contributed by atoms with van der Waals surface area (Å²) in [5.41, 5.74) is 0.739. The molecule has 1 aromatic heterocycles. The van der Waals surface area contributed by atoms with Crippen LogP contribution in [0.1, 0.15) is 29.9 Å². The highest BCUT2D eigenvalue weighted by Crippen LogP contribution is 2.30. The fourth-order valence-corrected chi connectivity index (χ4v) is 5.85. The number of piperidine rings is 1. The Hall–Kier alpha value is -3.08. The molecule has 0 saturated carbocycles. The van der Waals surface area contributed by atoms with Crippen LogP contribution in [0.2, 0.25) is 5.02 Å². The van der Waals surface area contributed by atoms with E-state index in [0.29, 0.717) is 18.5 Å². The van der Waals surface area contributed by atoms with E-state index in [0.717, 1.165) is 6.07 Å². The molecule has 184 valence electrons. The Kier molecular flexibility index (Phi) is 7.34. The number of carbonyl (C=O) groups is 1. The van der Waals surface area contributed by atoms with E-state index in [1.165, 1.54) is 41.6 Å². The van der Waals surface area contributed by atoms with Gasteiger partial charge in [-0.3, -0.25) is 4.79 Å². The molecular formula is C24H22ClF2N3O4S. The van der Waals surface area contributed by atoms with E-state index in [4.69, 9.17) is 16.1 Å². The first-order valence-electron chi connectivity index (χ1n) is 10.8. The summed E-state index contributed by atoms with van der Waals surface area (Å²) in [7, 11) is -4.06. The van der Waals surface area contributed by atoms with Gasteiger partial charge in [0.2, 0.25) is 15.9 Å². The zero-order chi connectivity index (χ0) is 25.2. The van der Waals surface area contributed by atoms with Crippen LogP contribution in [-0.4, -0.2) is 36.9 Å². The van der Waals surface area contributed by atoms with Gasteiger partial charge in [-0.15, -0.1) is 0 Å². The van der Waals surface area contributed by atoms with Crippen molar-refractivity contribution in [2.75, 3.05) is 18.4 Å². The quantitative estimate of drug-likeness (QED) is 0.486. The number of nitrogens with zero attached hydrogens (tertiary/aromatic N) is 2.